The SMILES string of the molecule is Cc1nn(C)cc1-c1cc(C(F)F)nc2sc(C(N)=O)c(NC(=O)c3cnn4c(C(F)(F)F)cc(-c5cccc6ccccc56)nc34)c12. The maximum absolute atomic E-state index is 14.4. The lowest BCUT2D eigenvalue weighted by Gasteiger charge is -2.13. The van der Waals surface area contributed by atoms with Gasteiger partial charge in [0.1, 0.15) is 21.0 Å². The Bertz CT molecular complexity index is 2440. The van der Waals surface area contributed by atoms with E-state index in [0.29, 0.717) is 38.1 Å². The molecule has 0 aliphatic rings. The van der Waals surface area contributed by atoms with Gasteiger partial charge in [-0.25, -0.2) is 23.3 Å². The number of benzene rings is 2. The van der Waals surface area contributed by atoms with Crippen LogP contribution in [-0.2, 0) is 13.2 Å². The summed E-state index contributed by atoms with van der Waals surface area (Å²) in [5.41, 5.74) is 4.39. The van der Waals surface area contributed by atoms with Crippen LogP contribution in [0.5, 0.6) is 0 Å². The molecule has 0 fully saturated rings. The van der Waals surface area contributed by atoms with Crippen molar-refractivity contribution in [2.75, 3.05) is 5.32 Å². The maximum Gasteiger partial charge on any atom is 0.433 e. The molecule has 0 aliphatic heterocycles. The van der Waals surface area contributed by atoms with E-state index in [4.69, 9.17) is 5.73 Å². The predicted molar refractivity (Wildman–Crippen MR) is 169 cm³/mol. The highest BCUT2D eigenvalue weighted by Crippen LogP contribution is 2.43. The number of aromatic nitrogens is 6. The van der Waals surface area contributed by atoms with Gasteiger partial charge in [0.2, 0.25) is 0 Å². The van der Waals surface area contributed by atoms with Gasteiger partial charge in [0.25, 0.3) is 18.2 Å². The van der Waals surface area contributed by atoms with E-state index in [9.17, 15) is 31.5 Å². The fraction of sp³-hybridized carbons (Fsp3) is 0.125. The minimum absolute atomic E-state index is 0.0225. The van der Waals surface area contributed by atoms with Gasteiger partial charge in [-0.05, 0) is 35.4 Å². The number of amides is 2. The van der Waals surface area contributed by atoms with Crippen molar-refractivity contribution in [2.45, 2.75) is 19.5 Å². The summed E-state index contributed by atoms with van der Waals surface area (Å²) in [6, 6.07) is 14.2. The van der Waals surface area contributed by atoms with Crippen molar-refractivity contribution in [3.05, 3.63) is 94.5 Å². The highest BCUT2D eigenvalue weighted by Gasteiger charge is 2.36. The van der Waals surface area contributed by atoms with Gasteiger partial charge >= 0.3 is 6.18 Å². The van der Waals surface area contributed by atoms with Crippen LogP contribution in [0, 0.1) is 6.92 Å². The van der Waals surface area contributed by atoms with Crippen molar-refractivity contribution in [1.29, 1.82) is 0 Å². The summed E-state index contributed by atoms with van der Waals surface area (Å²) in [6.45, 7) is 1.65. The van der Waals surface area contributed by atoms with E-state index in [1.165, 1.54) is 4.68 Å². The van der Waals surface area contributed by atoms with Crippen LogP contribution in [0.4, 0.5) is 27.6 Å². The fourth-order valence-corrected chi connectivity index (χ4v) is 6.71. The number of pyridine rings is 1. The Balaban J connectivity index is 1.43. The van der Waals surface area contributed by atoms with Crippen LogP contribution in [0.1, 0.15) is 43.5 Å². The van der Waals surface area contributed by atoms with Gasteiger partial charge in [-0.15, -0.1) is 11.3 Å². The molecule has 0 saturated carbocycles. The van der Waals surface area contributed by atoms with Gasteiger partial charge in [0.15, 0.2) is 11.3 Å². The van der Waals surface area contributed by atoms with E-state index in [0.717, 1.165) is 23.7 Å². The van der Waals surface area contributed by atoms with Crippen LogP contribution in [-0.4, -0.2) is 41.2 Å². The Morgan fingerprint density at radius 3 is 2.44 bits per heavy atom. The monoisotopic (exact) mass is 676 g/mol. The van der Waals surface area contributed by atoms with Gasteiger partial charge in [0.05, 0.1) is 23.3 Å². The lowest BCUT2D eigenvalue weighted by atomic mass is 10.0. The van der Waals surface area contributed by atoms with Crippen molar-refractivity contribution in [3.63, 3.8) is 0 Å². The number of anilines is 1. The molecule has 5 aromatic heterocycles. The number of nitrogens with two attached hydrogens (primary N) is 1. The van der Waals surface area contributed by atoms with E-state index in [1.54, 1.807) is 50.5 Å². The number of nitrogens with zero attached hydrogens (tertiary/aromatic N) is 6. The molecule has 0 unspecified atom stereocenters. The summed E-state index contributed by atoms with van der Waals surface area (Å²) in [5, 5.41) is 12.2. The van der Waals surface area contributed by atoms with Crippen molar-refractivity contribution >= 4 is 55.5 Å². The Hall–Kier alpha value is -5.77. The van der Waals surface area contributed by atoms with E-state index in [-0.39, 0.29) is 37.6 Å². The van der Waals surface area contributed by atoms with E-state index in [2.05, 4.69) is 25.5 Å². The molecular weight excluding hydrogens is 655 g/mol. The number of carbonyl (C=O) groups is 2. The number of primary amides is 1. The highest BCUT2D eigenvalue weighted by molar-refractivity contribution is 7.21. The topological polar surface area (TPSA) is 133 Å². The summed E-state index contributed by atoms with van der Waals surface area (Å²) < 4.78 is 73.0. The van der Waals surface area contributed by atoms with Crippen LogP contribution >= 0.6 is 11.3 Å². The standard InChI is InChI=1S/C32H21F5N8O2S/c1-14-20(13-44(2)43-14)18-10-22(27(33)34)41-31-24(18)25(26(48-31)28(38)46)42-30(47)19-12-39-45-23(32(35,36)37)11-21(40-29(19)45)17-9-5-7-15-6-3-4-8-16(15)17/h3-13,27H,1-2H3,(H2,38,46)(H,42,47). The molecule has 0 bridgehead atoms. The van der Waals surface area contributed by atoms with Crippen molar-refractivity contribution in [2.24, 2.45) is 12.8 Å². The lowest BCUT2D eigenvalue weighted by Crippen LogP contribution is -2.18. The van der Waals surface area contributed by atoms with Gasteiger partial charge in [0, 0.05) is 29.8 Å². The number of hydrogen-bond acceptors (Lipinski definition) is 7. The second-order valence-electron chi connectivity index (χ2n) is 10.8. The van der Waals surface area contributed by atoms with Crippen molar-refractivity contribution < 1.29 is 31.5 Å². The average molecular weight is 677 g/mol. The minimum atomic E-state index is -4.88. The Labute approximate surface area is 270 Å². The maximum atomic E-state index is 14.4. The molecule has 3 N–H and O–H groups in total. The normalized spacial score (nSPS) is 12.1. The average Bonchev–Trinajstić information content (AvgIpc) is 3.73. The van der Waals surface area contributed by atoms with Crippen LogP contribution in [0.25, 0.3) is 49.0 Å². The number of halogens is 5. The number of thiophene rings is 1. The summed E-state index contributed by atoms with van der Waals surface area (Å²) in [4.78, 5) is 34.8. The summed E-state index contributed by atoms with van der Waals surface area (Å²) in [7, 11) is 1.63. The molecule has 48 heavy (non-hydrogen) atoms. The number of fused-ring (bicyclic) bond motifs is 3. The van der Waals surface area contributed by atoms with Crippen LogP contribution in [0.2, 0.25) is 0 Å². The molecule has 0 radical (unpaired) electrons. The lowest BCUT2D eigenvalue weighted by molar-refractivity contribution is -0.142. The third-order valence-electron chi connectivity index (χ3n) is 7.74. The second kappa shape index (κ2) is 11.2. The number of alkyl halides is 5. The molecule has 242 valence electrons. The zero-order valence-electron chi connectivity index (χ0n) is 24.8. The van der Waals surface area contributed by atoms with Crippen LogP contribution < -0.4 is 11.1 Å². The zero-order chi connectivity index (χ0) is 34.1. The third-order valence-corrected chi connectivity index (χ3v) is 8.84. The predicted octanol–water partition coefficient (Wildman–Crippen LogP) is 7.18. The fourth-order valence-electron chi connectivity index (χ4n) is 5.69. The molecule has 0 aliphatic carbocycles. The number of nitrogens with one attached hydrogen (secondary N) is 1. The van der Waals surface area contributed by atoms with Crippen molar-refractivity contribution in [1.82, 2.24) is 29.4 Å². The first-order valence-corrected chi connectivity index (χ1v) is 14.9. The molecule has 0 atom stereocenters. The minimum Gasteiger partial charge on any atom is -0.365 e. The van der Waals surface area contributed by atoms with Gasteiger partial charge in [-0.2, -0.15) is 23.4 Å². The number of aryl methyl sites for hydroxylation is 2. The van der Waals surface area contributed by atoms with E-state index in [1.807, 2.05) is 12.1 Å². The van der Waals surface area contributed by atoms with E-state index < -0.39 is 41.5 Å². The van der Waals surface area contributed by atoms with Crippen LogP contribution in [0.3, 0.4) is 0 Å². The van der Waals surface area contributed by atoms with Gasteiger partial charge in [-0.3, -0.25) is 14.3 Å². The first kappa shape index (κ1) is 30.9. The Morgan fingerprint density at radius 2 is 1.75 bits per heavy atom. The smallest absolute Gasteiger partial charge is 0.365 e. The molecule has 5 heterocycles. The molecule has 0 saturated heterocycles. The van der Waals surface area contributed by atoms with Gasteiger partial charge < -0.3 is 11.1 Å². The van der Waals surface area contributed by atoms with Crippen LogP contribution in [0.15, 0.2) is 67.0 Å². The molecule has 7 aromatic rings. The molecule has 0 spiro atoms. The largest absolute Gasteiger partial charge is 0.433 e. The van der Waals surface area contributed by atoms with E-state index >= 15 is 0 Å². The molecule has 10 nitrogen and oxygen atoms in total. The molecule has 16 heteroatoms. The zero-order valence-corrected chi connectivity index (χ0v) is 25.6. The third kappa shape index (κ3) is 5.10. The highest BCUT2D eigenvalue weighted by atomic mass is 32.1. The number of carbonyl (C=O) groups excluding carboxylic acids is 2. The Kier molecular flexibility index (Phi) is 7.19. The molecule has 7 rings (SSSR count). The number of rotatable bonds is 6. The summed E-state index contributed by atoms with van der Waals surface area (Å²) in [6.07, 6.45) is -5.34. The Morgan fingerprint density at radius 1 is 1.00 bits per heavy atom. The summed E-state index contributed by atoms with van der Waals surface area (Å²) >= 11 is 0.688. The molecule has 2 aromatic carbocycles. The summed E-state index contributed by atoms with van der Waals surface area (Å²) in [5.74, 6) is -1.97. The first-order chi connectivity index (χ1) is 22.8. The van der Waals surface area contributed by atoms with Crippen molar-refractivity contribution in [3.8, 4) is 22.4 Å². The molecular formula is C32H21F5N8O2S. The quantitative estimate of drug-likeness (QED) is 0.180. The van der Waals surface area contributed by atoms with Gasteiger partial charge in [-0.1, -0.05) is 42.5 Å². The first-order valence-electron chi connectivity index (χ1n) is 14.1. The second-order valence-corrected chi connectivity index (χ2v) is 11.8. The number of hydrogen-bond donors (Lipinski definition) is 2. The molecule has 2 amide bonds.